The monoisotopic (exact) mass is 364 g/mol. The quantitative estimate of drug-likeness (QED) is 0.611. The Labute approximate surface area is 135 Å². The van der Waals surface area contributed by atoms with Gasteiger partial charge in [-0.15, -0.1) is 0 Å². The van der Waals surface area contributed by atoms with Gasteiger partial charge in [0.05, 0.1) is 0 Å². The molecule has 1 heterocycles. The van der Waals surface area contributed by atoms with Gasteiger partial charge in [-0.3, -0.25) is 0 Å². The zero-order valence-corrected chi connectivity index (χ0v) is 14.3. The Morgan fingerprint density at radius 3 is 1.86 bits per heavy atom. The second-order valence-electron chi connectivity index (χ2n) is 4.55. The number of hydrogen-bond acceptors (Lipinski definition) is 4. The van der Waals surface area contributed by atoms with Crippen LogP contribution in [0.2, 0.25) is 0 Å². The van der Waals surface area contributed by atoms with Crippen LogP contribution in [0.1, 0.15) is 12.5 Å². The Morgan fingerprint density at radius 2 is 1.41 bits per heavy atom. The Bertz CT molecular complexity index is 650. The molecule has 0 saturated carbocycles. The van der Waals surface area contributed by atoms with E-state index in [-0.39, 0.29) is 0 Å². The van der Waals surface area contributed by atoms with Crippen LogP contribution in [0, 0.1) is 0 Å². The molecule has 0 saturated heterocycles. The summed E-state index contributed by atoms with van der Waals surface area (Å²) in [4.78, 5) is 23.7. The standard InChI is InChI=1S/C17H16O4Se/c1-11(12-7-5-4-6-8-12)13-9-14(16(18)20-2)22-15(10-13)17(19)21-3/h4-10H,1-3H3. The molecular formula is C17H16O4Se. The average Bonchev–Trinajstić information content (AvgIpc) is 2.59. The molecule has 0 unspecified atom stereocenters. The first-order valence-electron chi connectivity index (χ1n) is 6.61. The number of hydrogen-bond donors (Lipinski definition) is 0. The molecule has 1 aliphatic heterocycles. The van der Waals surface area contributed by atoms with Crippen LogP contribution < -0.4 is 0 Å². The fourth-order valence-electron chi connectivity index (χ4n) is 1.98. The summed E-state index contributed by atoms with van der Waals surface area (Å²) in [6.45, 7) is 1.96. The first-order valence-corrected chi connectivity index (χ1v) is 8.32. The Morgan fingerprint density at radius 1 is 0.909 bits per heavy atom. The maximum absolute atomic E-state index is 11.9. The van der Waals surface area contributed by atoms with Crippen molar-refractivity contribution >= 4 is 32.5 Å². The van der Waals surface area contributed by atoms with Crippen molar-refractivity contribution in [1.29, 1.82) is 0 Å². The van der Waals surface area contributed by atoms with Crippen LogP contribution in [0.4, 0.5) is 0 Å². The fraction of sp³-hybridized carbons (Fsp3) is 0.176. The maximum atomic E-state index is 11.9. The van der Waals surface area contributed by atoms with Gasteiger partial charge in [0, 0.05) is 0 Å². The molecule has 0 spiro atoms. The zero-order chi connectivity index (χ0) is 16.1. The SMILES string of the molecule is COC(=O)C1=CC(=C(C)c2ccccc2)C=C(C(=O)OC)[Se]1. The van der Waals surface area contributed by atoms with Gasteiger partial charge in [-0.1, -0.05) is 0 Å². The number of rotatable bonds is 3. The average molecular weight is 363 g/mol. The van der Waals surface area contributed by atoms with E-state index in [0.717, 1.165) is 16.7 Å². The van der Waals surface area contributed by atoms with E-state index < -0.39 is 26.9 Å². The summed E-state index contributed by atoms with van der Waals surface area (Å²) in [6, 6.07) is 9.81. The normalized spacial score (nSPS) is 13.9. The van der Waals surface area contributed by atoms with Crippen molar-refractivity contribution in [3.63, 3.8) is 0 Å². The molecule has 114 valence electrons. The topological polar surface area (TPSA) is 52.6 Å². The summed E-state index contributed by atoms with van der Waals surface area (Å²) in [5, 5.41) is 0. The molecular weight excluding hydrogens is 347 g/mol. The van der Waals surface area contributed by atoms with Gasteiger partial charge in [-0.2, -0.15) is 0 Å². The van der Waals surface area contributed by atoms with Crippen molar-refractivity contribution in [3.8, 4) is 0 Å². The van der Waals surface area contributed by atoms with Crippen molar-refractivity contribution in [3.05, 3.63) is 62.6 Å². The number of ether oxygens (including phenoxy) is 2. The molecule has 0 amide bonds. The van der Waals surface area contributed by atoms with Gasteiger partial charge in [-0.25, -0.2) is 0 Å². The summed E-state index contributed by atoms with van der Waals surface area (Å²) in [6.07, 6.45) is 3.58. The molecule has 1 aromatic rings. The van der Waals surface area contributed by atoms with Crippen molar-refractivity contribution in [2.24, 2.45) is 0 Å². The minimum atomic E-state index is -0.416. The van der Waals surface area contributed by atoms with Gasteiger partial charge in [0.2, 0.25) is 0 Å². The molecule has 0 fully saturated rings. The minimum absolute atomic E-state index is 0.409. The number of esters is 2. The number of benzene rings is 1. The van der Waals surface area contributed by atoms with Crippen LogP contribution in [-0.4, -0.2) is 41.1 Å². The first kappa shape index (κ1) is 16.3. The zero-order valence-electron chi connectivity index (χ0n) is 12.6. The van der Waals surface area contributed by atoms with Crippen LogP contribution in [0.25, 0.3) is 5.57 Å². The molecule has 0 aliphatic carbocycles. The molecule has 4 nitrogen and oxygen atoms in total. The molecule has 1 aromatic carbocycles. The van der Waals surface area contributed by atoms with Crippen LogP contribution in [0.5, 0.6) is 0 Å². The Kier molecular flexibility index (Phi) is 5.36. The number of carbonyl (C=O) groups is 2. The predicted octanol–water partition coefficient (Wildman–Crippen LogP) is 2.29. The third kappa shape index (κ3) is 3.56. The summed E-state index contributed by atoms with van der Waals surface area (Å²) in [5.74, 6) is -0.819. The van der Waals surface area contributed by atoms with Crippen LogP contribution in [0.3, 0.4) is 0 Å². The summed E-state index contributed by atoms with van der Waals surface area (Å²) in [7, 11) is 2.67. The van der Waals surface area contributed by atoms with E-state index in [1.807, 2.05) is 37.3 Å². The molecule has 2 rings (SSSR count). The molecule has 0 atom stereocenters. The third-order valence-corrected chi connectivity index (χ3v) is 5.32. The van der Waals surface area contributed by atoms with Crippen molar-refractivity contribution in [1.82, 2.24) is 0 Å². The Balaban J connectivity index is 2.52. The third-order valence-electron chi connectivity index (χ3n) is 3.21. The van der Waals surface area contributed by atoms with Gasteiger partial charge in [0.15, 0.2) is 0 Å². The molecule has 0 bridgehead atoms. The van der Waals surface area contributed by atoms with Gasteiger partial charge in [-0.05, 0) is 0 Å². The number of methoxy groups -OCH3 is 2. The molecule has 1 aliphatic rings. The van der Waals surface area contributed by atoms with Gasteiger partial charge >= 0.3 is 135 Å². The van der Waals surface area contributed by atoms with Crippen molar-refractivity contribution in [2.45, 2.75) is 6.92 Å². The summed E-state index contributed by atoms with van der Waals surface area (Å²) in [5.41, 5.74) is 2.84. The molecule has 22 heavy (non-hydrogen) atoms. The van der Waals surface area contributed by atoms with Crippen molar-refractivity contribution < 1.29 is 19.1 Å². The second-order valence-corrected chi connectivity index (χ2v) is 6.82. The van der Waals surface area contributed by atoms with Crippen LogP contribution >= 0.6 is 0 Å². The first-order chi connectivity index (χ1) is 10.6. The van der Waals surface area contributed by atoms with E-state index >= 15 is 0 Å². The van der Waals surface area contributed by atoms with Crippen LogP contribution in [-0.2, 0) is 19.1 Å². The molecule has 0 N–H and O–H groups in total. The van der Waals surface area contributed by atoms with E-state index in [1.165, 1.54) is 14.2 Å². The van der Waals surface area contributed by atoms with E-state index in [4.69, 9.17) is 9.47 Å². The van der Waals surface area contributed by atoms with E-state index in [9.17, 15) is 9.59 Å². The Hall–Kier alpha value is -2.10. The van der Waals surface area contributed by atoms with Crippen molar-refractivity contribution in [2.75, 3.05) is 14.2 Å². The van der Waals surface area contributed by atoms with E-state index in [2.05, 4.69) is 0 Å². The second kappa shape index (κ2) is 7.25. The summed E-state index contributed by atoms with van der Waals surface area (Å²) >= 11 is -0.416. The molecule has 0 radical (unpaired) electrons. The fourth-order valence-corrected chi connectivity index (χ4v) is 3.95. The number of allylic oxidation sites excluding steroid dienone is 4. The van der Waals surface area contributed by atoms with E-state index in [1.54, 1.807) is 12.2 Å². The predicted molar refractivity (Wildman–Crippen MR) is 85.0 cm³/mol. The molecule has 5 heteroatoms. The van der Waals surface area contributed by atoms with Crippen LogP contribution in [0.15, 0.2) is 57.0 Å². The summed E-state index contributed by atoms with van der Waals surface area (Å²) < 4.78 is 10.6. The number of carbonyl (C=O) groups excluding carboxylic acids is 2. The van der Waals surface area contributed by atoms with Gasteiger partial charge < -0.3 is 0 Å². The van der Waals surface area contributed by atoms with Gasteiger partial charge in [0.1, 0.15) is 0 Å². The van der Waals surface area contributed by atoms with E-state index in [0.29, 0.717) is 8.94 Å². The molecule has 0 aromatic heterocycles. The van der Waals surface area contributed by atoms with Gasteiger partial charge in [0.25, 0.3) is 0 Å².